The molecule has 0 spiro atoms. The third-order valence-electron chi connectivity index (χ3n) is 5.28. The molecule has 3 rings (SSSR count). The topological polar surface area (TPSA) is 15.3 Å². The molecule has 1 aromatic carbocycles. The number of halogens is 1. The number of rotatable bonds is 4. The molecular weight excluding hydrogens is 268 g/mol. The van der Waals surface area contributed by atoms with Gasteiger partial charge in [-0.3, -0.25) is 0 Å². The van der Waals surface area contributed by atoms with Gasteiger partial charge < -0.3 is 10.2 Å². The van der Waals surface area contributed by atoms with Gasteiger partial charge >= 0.3 is 0 Å². The molecule has 0 radical (unpaired) electrons. The van der Waals surface area contributed by atoms with Crippen LogP contribution in [0.25, 0.3) is 0 Å². The quantitative estimate of drug-likeness (QED) is 0.906. The minimum atomic E-state index is 0.334. The first kappa shape index (κ1) is 14.4. The van der Waals surface area contributed by atoms with Gasteiger partial charge in [0.15, 0.2) is 0 Å². The molecule has 3 atom stereocenters. The Morgan fingerprint density at radius 2 is 1.90 bits per heavy atom. The predicted molar refractivity (Wildman–Crippen MR) is 85.2 cm³/mol. The van der Waals surface area contributed by atoms with Gasteiger partial charge in [0.25, 0.3) is 0 Å². The van der Waals surface area contributed by atoms with Gasteiger partial charge in [-0.25, -0.2) is 0 Å². The zero-order valence-corrected chi connectivity index (χ0v) is 13.2. The van der Waals surface area contributed by atoms with Crippen LogP contribution < -0.4 is 5.32 Å². The van der Waals surface area contributed by atoms with Crippen molar-refractivity contribution >= 4 is 11.6 Å². The van der Waals surface area contributed by atoms with E-state index in [4.69, 9.17) is 11.6 Å². The molecule has 0 saturated carbocycles. The van der Waals surface area contributed by atoms with Crippen LogP contribution in [0.5, 0.6) is 0 Å². The fourth-order valence-corrected chi connectivity index (χ4v) is 4.27. The molecule has 2 heterocycles. The lowest BCUT2D eigenvalue weighted by atomic mass is 9.90. The number of hydrogen-bond acceptors (Lipinski definition) is 2. The second kappa shape index (κ2) is 6.05. The van der Waals surface area contributed by atoms with Crippen molar-refractivity contribution in [2.24, 2.45) is 5.92 Å². The molecule has 3 unspecified atom stereocenters. The lowest BCUT2D eigenvalue weighted by Crippen LogP contribution is -2.42. The van der Waals surface area contributed by atoms with E-state index in [0.29, 0.717) is 6.04 Å². The molecule has 0 aromatic heterocycles. The number of piperidine rings is 1. The normalized spacial score (nSPS) is 31.4. The van der Waals surface area contributed by atoms with Crippen molar-refractivity contribution in [3.63, 3.8) is 0 Å². The molecule has 1 aromatic rings. The maximum Gasteiger partial charge on any atom is 0.0453 e. The van der Waals surface area contributed by atoms with E-state index in [9.17, 15) is 0 Å². The van der Waals surface area contributed by atoms with Gasteiger partial charge in [-0.1, -0.05) is 29.8 Å². The molecule has 2 nitrogen and oxygen atoms in total. The molecule has 2 aliphatic rings. The van der Waals surface area contributed by atoms with E-state index >= 15 is 0 Å². The van der Waals surface area contributed by atoms with Crippen LogP contribution in [0, 0.1) is 5.92 Å². The Bertz CT molecular complexity index is 448. The van der Waals surface area contributed by atoms with Crippen LogP contribution in [0.4, 0.5) is 0 Å². The minimum Gasteiger partial charge on any atom is -0.310 e. The third-order valence-corrected chi connectivity index (χ3v) is 5.62. The van der Waals surface area contributed by atoms with Crippen molar-refractivity contribution in [1.29, 1.82) is 0 Å². The number of benzene rings is 1. The third kappa shape index (κ3) is 2.88. The number of nitrogens with one attached hydrogen (secondary N) is 1. The first-order valence-corrected chi connectivity index (χ1v) is 8.22. The summed E-state index contributed by atoms with van der Waals surface area (Å²) in [5.74, 6) is 0.827. The fraction of sp³-hybridized carbons (Fsp3) is 0.647. The number of hydrogen-bond donors (Lipinski definition) is 1. The SMILES string of the molecule is CC(NCC1CC2CCC(C1)N2C)c1ccccc1Cl. The standard InChI is InChI=1S/C17H25ClN2/c1-12(16-5-3-4-6-17(16)18)19-11-13-9-14-7-8-15(10-13)20(14)2/h3-6,12-15,19H,7-11H2,1-2H3. The van der Waals surface area contributed by atoms with E-state index in [1.807, 2.05) is 12.1 Å². The van der Waals surface area contributed by atoms with E-state index < -0.39 is 0 Å². The first-order chi connectivity index (χ1) is 9.65. The van der Waals surface area contributed by atoms with Crippen LogP contribution in [-0.2, 0) is 0 Å². The van der Waals surface area contributed by atoms with E-state index in [0.717, 1.165) is 29.6 Å². The largest absolute Gasteiger partial charge is 0.310 e. The maximum atomic E-state index is 6.27. The van der Waals surface area contributed by atoms with Crippen LogP contribution in [0.1, 0.15) is 44.2 Å². The van der Waals surface area contributed by atoms with E-state index in [1.54, 1.807) is 0 Å². The van der Waals surface area contributed by atoms with Crippen molar-refractivity contribution in [3.8, 4) is 0 Å². The molecular formula is C17H25ClN2. The fourth-order valence-electron chi connectivity index (χ4n) is 3.97. The highest BCUT2D eigenvalue weighted by Gasteiger charge is 2.38. The van der Waals surface area contributed by atoms with Gasteiger partial charge in [0, 0.05) is 23.1 Å². The van der Waals surface area contributed by atoms with Gasteiger partial charge in [0.1, 0.15) is 0 Å². The van der Waals surface area contributed by atoms with E-state index in [-0.39, 0.29) is 0 Å². The van der Waals surface area contributed by atoms with Gasteiger partial charge in [0.2, 0.25) is 0 Å². The van der Waals surface area contributed by atoms with Crippen molar-refractivity contribution in [2.75, 3.05) is 13.6 Å². The van der Waals surface area contributed by atoms with Crippen LogP contribution in [0.3, 0.4) is 0 Å². The average Bonchev–Trinajstić information content (AvgIpc) is 2.66. The smallest absolute Gasteiger partial charge is 0.0453 e. The number of fused-ring (bicyclic) bond motifs is 2. The van der Waals surface area contributed by atoms with E-state index in [1.165, 1.54) is 31.2 Å². The summed E-state index contributed by atoms with van der Waals surface area (Å²) in [5.41, 5.74) is 1.21. The summed E-state index contributed by atoms with van der Waals surface area (Å²) in [6.07, 6.45) is 5.51. The highest BCUT2D eigenvalue weighted by atomic mass is 35.5. The zero-order chi connectivity index (χ0) is 14.1. The monoisotopic (exact) mass is 292 g/mol. The molecule has 3 heteroatoms. The Kier molecular flexibility index (Phi) is 4.34. The van der Waals surface area contributed by atoms with Gasteiger partial charge in [-0.2, -0.15) is 0 Å². The van der Waals surface area contributed by atoms with Crippen LogP contribution in [-0.4, -0.2) is 30.6 Å². The summed E-state index contributed by atoms with van der Waals surface area (Å²) < 4.78 is 0. The van der Waals surface area contributed by atoms with E-state index in [2.05, 4.69) is 36.3 Å². The molecule has 2 saturated heterocycles. The first-order valence-electron chi connectivity index (χ1n) is 7.85. The molecule has 2 fully saturated rings. The number of nitrogens with zero attached hydrogens (tertiary/aromatic N) is 1. The van der Waals surface area contributed by atoms with Gasteiger partial charge in [-0.15, -0.1) is 0 Å². The Balaban J connectivity index is 1.54. The molecule has 0 amide bonds. The average molecular weight is 293 g/mol. The second-order valence-electron chi connectivity index (χ2n) is 6.54. The van der Waals surface area contributed by atoms with Crippen molar-refractivity contribution in [1.82, 2.24) is 10.2 Å². The summed E-state index contributed by atoms with van der Waals surface area (Å²) in [6, 6.07) is 10.2. The molecule has 1 N–H and O–H groups in total. The molecule has 2 aliphatic heterocycles. The minimum absolute atomic E-state index is 0.334. The molecule has 2 bridgehead atoms. The predicted octanol–water partition coefficient (Wildman–Crippen LogP) is 3.86. The van der Waals surface area contributed by atoms with Crippen molar-refractivity contribution in [2.45, 2.75) is 50.7 Å². The molecule has 110 valence electrons. The second-order valence-corrected chi connectivity index (χ2v) is 6.95. The van der Waals surface area contributed by atoms with Crippen molar-refractivity contribution in [3.05, 3.63) is 34.9 Å². The van der Waals surface area contributed by atoms with Crippen LogP contribution in [0.15, 0.2) is 24.3 Å². The summed E-state index contributed by atoms with van der Waals surface area (Å²) in [5, 5.41) is 4.56. The Labute approximate surface area is 127 Å². The Morgan fingerprint density at radius 3 is 2.55 bits per heavy atom. The lowest BCUT2D eigenvalue weighted by Gasteiger charge is -2.36. The summed E-state index contributed by atoms with van der Waals surface area (Å²) in [6.45, 7) is 3.33. The van der Waals surface area contributed by atoms with Crippen LogP contribution in [0.2, 0.25) is 5.02 Å². The molecule has 0 aliphatic carbocycles. The highest BCUT2D eigenvalue weighted by molar-refractivity contribution is 6.31. The molecule has 20 heavy (non-hydrogen) atoms. The Hall–Kier alpha value is -0.570. The van der Waals surface area contributed by atoms with Gasteiger partial charge in [-0.05, 0) is 63.7 Å². The van der Waals surface area contributed by atoms with Crippen LogP contribution >= 0.6 is 11.6 Å². The Morgan fingerprint density at radius 1 is 1.25 bits per heavy atom. The highest BCUT2D eigenvalue weighted by Crippen LogP contribution is 2.37. The summed E-state index contributed by atoms with van der Waals surface area (Å²) >= 11 is 6.27. The summed E-state index contributed by atoms with van der Waals surface area (Å²) in [7, 11) is 2.30. The maximum absolute atomic E-state index is 6.27. The van der Waals surface area contributed by atoms with Crippen molar-refractivity contribution < 1.29 is 0 Å². The summed E-state index contributed by atoms with van der Waals surface area (Å²) in [4.78, 5) is 2.61. The lowest BCUT2D eigenvalue weighted by molar-refractivity contribution is 0.131. The van der Waals surface area contributed by atoms with Gasteiger partial charge in [0.05, 0.1) is 0 Å². The zero-order valence-electron chi connectivity index (χ0n) is 12.5.